The van der Waals surface area contributed by atoms with Crippen molar-refractivity contribution in [3.8, 4) is 0 Å². The maximum absolute atomic E-state index is 13.5. The molecule has 3 saturated carbocycles. The summed E-state index contributed by atoms with van der Waals surface area (Å²) in [4.78, 5) is 11.9. The molecule has 1 aliphatic heterocycles. The van der Waals surface area contributed by atoms with Crippen LogP contribution in [0, 0.1) is 46.3 Å². The monoisotopic (exact) mass is 608 g/mol. The van der Waals surface area contributed by atoms with Crippen molar-refractivity contribution >= 4 is 14.0 Å². The highest BCUT2D eigenvalue weighted by atomic mass is 31.1. The highest BCUT2D eigenvalue weighted by molar-refractivity contribution is 7.41. The van der Waals surface area contributed by atoms with Gasteiger partial charge < -0.3 is 29.7 Å². The fourth-order valence-corrected chi connectivity index (χ4v) is 11.2. The van der Waals surface area contributed by atoms with Crippen LogP contribution in [-0.4, -0.2) is 50.6 Å². The molecule has 42 heavy (non-hydrogen) atoms. The minimum absolute atomic E-state index is 0.0664. The number of aliphatic hydroxyl groups is 4. The Balaban J connectivity index is 1.29. The first-order valence-corrected chi connectivity index (χ1v) is 17.6. The molecule has 4 aliphatic carbocycles. The molecule has 2 unspecified atom stereocenters. The van der Waals surface area contributed by atoms with Crippen LogP contribution in [0.4, 0.5) is 0 Å². The van der Waals surface area contributed by atoms with E-state index in [0.717, 1.165) is 35.7 Å². The number of esters is 1. The third-order valence-corrected chi connectivity index (χ3v) is 14.0. The molecule has 0 spiro atoms. The fraction of sp³-hybridized carbons (Fsp3) is 0.848. The molecule has 5 aliphatic rings. The van der Waals surface area contributed by atoms with Crippen molar-refractivity contribution in [2.24, 2.45) is 46.3 Å². The summed E-state index contributed by atoms with van der Waals surface area (Å²) < 4.78 is 23.9. The van der Waals surface area contributed by atoms with E-state index in [9.17, 15) is 29.8 Å². The van der Waals surface area contributed by atoms with Crippen molar-refractivity contribution in [3.05, 3.63) is 23.2 Å². The van der Waals surface area contributed by atoms with Gasteiger partial charge in [0.2, 0.25) is 5.76 Å². The molecule has 8 nitrogen and oxygen atoms in total. The van der Waals surface area contributed by atoms with Gasteiger partial charge in [-0.3, -0.25) is 4.57 Å². The molecule has 1 heterocycles. The molecule has 0 radical (unpaired) electrons. The molecule has 0 saturated heterocycles. The lowest BCUT2D eigenvalue weighted by Crippen LogP contribution is -2.52. The number of hydrogen-bond donors (Lipinski definition) is 4. The minimum Gasteiger partial charge on any atom is -0.499 e. The van der Waals surface area contributed by atoms with E-state index in [4.69, 9.17) is 9.26 Å². The zero-order chi connectivity index (χ0) is 30.6. The van der Waals surface area contributed by atoms with Crippen LogP contribution in [0.15, 0.2) is 23.2 Å². The van der Waals surface area contributed by atoms with Crippen molar-refractivity contribution < 1.29 is 39.0 Å². The molecule has 11 atom stereocenters. The second kappa shape index (κ2) is 11.9. The average molecular weight is 609 g/mol. The Labute approximate surface area is 251 Å². The number of carbonyl (C=O) groups excluding carboxylic acids is 1. The maximum Gasteiger partial charge on any atom is 0.378 e. The van der Waals surface area contributed by atoms with Crippen molar-refractivity contribution in [3.63, 3.8) is 0 Å². The van der Waals surface area contributed by atoms with Gasteiger partial charge in [0.05, 0.1) is 6.61 Å². The van der Waals surface area contributed by atoms with Crippen LogP contribution in [0.2, 0.25) is 0 Å². The number of aliphatic hydroxyl groups excluding tert-OH is 3. The molecule has 3 fully saturated rings. The Morgan fingerprint density at radius 1 is 1.10 bits per heavy atom. The molecule has 0 aromatic rings. The van der Waals surface area contributed by atoms with Gasteiger partial charge in [-0.15, -0.1) is 0 Å². The molecular weight excluding hydrogens is 555 g/mol. The van der Waals surface area contributed by atoms with Gasteiger partial charge in [-0.2, -0.15) is 0 Å². The van der Waals surface area contributed by atoms with E-state index >= 15 is 0 Å². The predicted octanol–water partition coefficient (Wildman–Crippen LogP) is 6.26. The summed E-state index contributed by atoms with van der Waals surface area (Å²) in [7, 11) is -3.24. The number of ether oxygens (including phenoxy) is 1. The number of hydrogen-bond acceptors (Lipinski definition) is 8. The van der Waals surface area contributed by atoms with Crippen LogP contribution in [0.5, 0.6) is 0 Å². The molecule has 0 aromatic heterocycles. The zero-order valence-corrected chi connectivity index (χ0v) is 27.1. The minimum atomic E-state index is -3.24. The van der Waals surface area contributed by atoms with Crippen LogP contribution >= 0.6 is 8.03 Å². The SMILES string of the molecule is CC(C)CCC[C@@H](C)[C@H]1CC[C@H]2[C@@H]3CC=C4CC(O)([PH](=O)OC5=C(O)C(=O)O[C@@H]5[C@@H](O)CO)CC[C@]4(C)[C@H]3CC[C@]12C. The Hall–Kier alpha value is -1.34. The lowest BCUT2D eigenvalue weighted by Gasteiger charge is -2.59. The second-order valence-electron chi connectivity index (χ2n) is 15.2. The predicted molar refractivity (Wildman–Crippen MR) is 161 cm³/mol. The molecule has 238 valence electrons. The highest BCUT2D eigenvalue weighted by Crippen LogP contribution is 2.69. The third-order valence-electron chi connectivity index (χ3n) is 12.4. The molecule has 9 heteroatoms. The van der Waals surface area contributed by atoms with Gasteiger partial charge in [0.25, 0.3) is 8.03 Å². The van der Waals surface area contributed by atoms with E-state index in [1.165, 1.54) is 44.9 Å². The van der Waals surface area contributed by atoms with Crippen LogP contribution in [-0.2, 0) is 18.6 Å². The van der Waals surface area contributed by atoms with Crippen molar-refractivity contribution in [1.82, 2.24) is 0 Å². The normalized spacial score (nSPS) is 41.9. The van der Waals surface area contributed by atoms with Gasteiger partial charge in [0.1, 0.15) is 6.10 Å². The van der Waals surface area contributed by atoms with Crippen LogP contribution in [0.25, 0.3) is 0 Å². The number of cyclic esters (lactones) is 1. The molecule has 4 N–H and O–H groups in total. The smallest absolute Gasteiger partial charge is 0.378 e. The summed E-state index contributed by atoms with van der Waals surface area (Å²) in [5, 5.41) is 39.4. The van der Waals surface area contributed by atoms with Gasteiger partial charge in [-0.1, -0.05) is 65.5 Å². The lowest BCUT2D eigenvalue weighted by molar-refractivity contribution is -0.147. The first-order chi connectivity index (χ1) is 19.7. The Bertz CT molecular complexity index is 1130. The Morgan fingerprint density at radius 2 is 1.83 bits per heavy atom. The largest absolute Gasteiger partial charge is 0.499 e. The van der Waals surface area contributed by atoms with E-state index in [-0.39, 0.29) is 18.3 Å². The van der Waals surface area contributed by atoms with Crippen LogP contribution in [0.1, 0.15) is 105 Å². The lowest BCUT2D eigenvalue weighted by atomic mass is 9.47. The summed E-state index contributed by atoms with van der Waals surface area (Å²) >= 11 is 0. The quantitative estimate of drug-likeness (QED) is 0.130. The molecule has 0 bridgehead atoms. The maximum atomic E-state index is 13.5. The van der Waals surface area contributed by atoms with Gasteiger partial charge in [-0.25, -0.2) is 4.79 Å². The average Bonchev–Trinajstić information content (AvgIpc) is 3.44. The summed E-state index contributed by atoms with van der Waals surface area (Å²) in [6.07, 6.45) is 10.5. The summed E-state index contributed by atoms with van der Waals surface area (Å²) in [5.41, 5.74) is 1.47. The Kier molecular flexibility index (Phi) is 9.06. The number of carbonyl (C=O) groups is 1. The number of allylic oxidation sites excluding steroid dienone is 1. The van der Waals surface area contributed by atoms with Gasteiger partial charge in [0, 0.05) is 6.42 Å². The van der Waals surface area contributed by atoms with Crippen LogP contribution < -0.4 is 0 Å². The van der Waals surface area contributed by atoms with Gasteiger partial charge in [-0.05, 0) is 91.3 Å². The van der Waals surface area contributed by atoms with Crippen LogP contribution in [0.3, 0.4) is 0 Å². The third kappa shape index (κ3) is 5.41. The van der Waals surface area contributed by atoms with Crippen molar-refractivity contribution in [1.29, 1.82) is 0 Å². The van der Waals surface area contributed by atoms with Crippen molar-refractivity contribution in [2.75, 3.05) is 6.61 Å². The van der Waals surface area contributed by atoms with Crippen molar-refractivity contribution in [2.45, 2.75) is 123 Å². The summed E-state index contributed by atoms with van der Waals surface area (Å²) in [6.45, 7) is 11.3. The van der Waals surface area contributed by atoms with E-state index in [1.54, 1.807) is 0 Å². The number of fused-ring (bicyclic) bond motifs is 5. The highest BCUT2D eigenvalue weighted by Gasteiger charge is 2.60. The first-order valence-electron chi connectivity index (χ1n) is 16.3. The molecule has 0 amide bonds. The zero-order valence-electron chi connectivity index (χ0n) is 26.1. The van der Waals surface area contributed by atoms with E-state index in [1.807, 2.05) is 0 Å². The van der Waals surface area contributed by atoms with Gasteiger partial charge in [0.15, 0.2) is 17.2 Å². The topological polar surface area (TPSA) is 134 Å². The number of rotatable bonds is 10. The van der Waals surface area contributed by atoms with Gasteiger partial charge >= 0.3 is 5.97 Å². The first kappa shape index (κ1) is 32.1. The molecule has 0 aromatic carbocycles. The molecular formula is C33H53O8P. The second-order valence-corrected chi connectivity index (χ2v) is 16.9. The summed E-state index contributed by atoms with van der Waals surface area (Å²) in [6, 6.07) is 0. The summed E-state index contributed by atoms with van der Waals surface area (Å²) in [5.74, 6) is 1.72. The Morgan fingerprint density at radius 3 is 2.52 bits per heavy atom. The van der Waals surface area contributed by atoms with E-state index in [0.29, 0.717) is 23.7 Å². The molecule has 5 rings (SSSR count). The van der Waals surface area contributed by atoms with E-state index in [2.05, 4.69) is 40.7 Å². The fourth-order valence-electron chi connectivity index (χ4n) is 9.96. The van der Waals surface area contributed by atoms with E-state index < -0.39 is 49.7 Å². The standard InChI is InChI=1S/C33H53O8P/c1-19(2)7-6-8-20(3)23-11-12-24-22-10-9-21-17-33(38,16-15-31(21,4)25(22)13-14-32(23,24)5)42(39)41-29-27(36)30(37)40-28(29)26(35)18-34/h9,19-20,22-26,28,34-36,38,42H,6-8,10-18H2,1-5H3/t20-,22+,23-,24+,25+,26+,28-,31+,32-,33?/m1/s1.